The number of rotatable bonds is 47. The first-order valence-corrected chi connectivity index (χ1v) is 26.6. The summed E-state index contributed by atoms with van der Waals surface area (Å²) in [6.45, 7) is 6.41. The number of ether oxygens (including phenoxy) is 3. The van der Waals surface area contributed by atoms with E-state index in [2.05, 4.69) is 99.8 Å². The molecule has 0 amide bonds. The van der Waals surface area contributed by atoms with Crippen LogP contribution >= 0.6 is 0 Å². The molecule has 0 heterocycles. The van der Waals surface area contributed by atoms with Crippen LogP contribution < -0.4 is 0 Å². The second-order valence-electron chi connectivity index (χ2n) is 17.4. The van der Waals surface area contributed by atoms with Crippen LogP contribution in [0.2, 0.25) is 0 Å². The quantitative estimate of drug-likeness (QED) is 0.0262. The Morgan fingerprint density at radius 3 is 1.09 bits per heavy atom. The Morgan fingerprint density at radius 2 is 0.656 bits per heavy atom. The summed E-state index contributed by atoms with van der Waals surface area (Å²) in [5.74, 6) is -1.00. The summed E-state index contributed by atoms with van der Waals surface area (Å²) in [6, 6.07) is 0. The van der Waals surface area contributed by atoms with Crippen molar-refractivity contribution in [3.05, 3.63) is 85.1 Å². The molecule has 0 aliphatic rings. The van der Waals surface area contributed by atoms with Gasteiger partial charge in [-0.3, -0.25) is 14.4 Å². The maximum absolute atomic E-state index is 12.8. The van der Waals surface area contributed by atoms with Gasteiger partial charge < -0.3 is 14.2 Å². The molecule has 366 valence electrons. The average Bonchev–Trinajstić information content (AvgIpc) is 3.29. The van der Waals surface area contributed by atoms with E-state index in [1.807, 2.05) is 6.08 Å². The summed E-state index contributed by atoms with van der Waals surface area (Å²) in [7, 11) is 0. The maximum atomic E-state index is 12.8. The molecule has 0 rings (SSSR count). The van der Waals surface area contributed by atoms with Gasteiger partial charge in [-0.25, -0.2) is 0 Å². The van der Waals surface area contributed by atoms with Crippen LogP contribution in [0.15, 0.2) is 85.1 Å². The van der Waals surface area contributed by atoms with Crippen molar-refractivity contribution in [1.82, 2.24) is 0 Å². The first kappa shape index (κ1) is 60.6. The van der Waals surface area contributed by atoms with Crippen LogP contribution in [0.1, 0.15) is 245 Å². The monoisotopic (exact) mass is 891 g/mol. The van der Waals surface area contributed by atoms with Gasteiger partial charge in [-0.15, -0.1) is 0 Å². The number of esters is 3. The predicted octanol–water partition coefficient (Wildman–Crippen LogP) is 17.6. The van der Waals surface area contributed by atoms with E-state index < -0.39 is 6.10 Å². The third-order valence-electron chi connectivity index (χ3n) is 11.1. The summed E-state index contributed by atoms with van der Waals surface area (Å²) in [5, 5.41) is 0. The molecule has 0 aromatic heterocycles. The second-order valence-corrected chi connectivity index (χ2v) is 17.4. The van der Waals surface area contributed by atoms with Crippen molar-refractivity contribution in [1.29, 1.82) is 0 Å². The van der Waals surface area contributed by atoms with E-state index >= 15 is 0 Å². The Hall–Kier alpha value is -3.41. The molecule has 0 aliphatic carbocycles. The lowest BCUT2D eigenvalue weighted by atomic mass is 10.0. The SMILES string of the molecule is CC/C=C\C/C=C\C/C=C\C/C=C\C/C=C\C/C=C\CCC(=O)OCC(COC(=O)CCCCCC/C=C\CCCC)OC(=O)CCCCCCCCCCCCCCCCCCC. The van der Waals surface area contributed by atoms with Crippen LogP contribution in [0.25, 0.3) is 0 Å². The number of hydrogen-bond donors (Lipinski definition) is 0. The first-order chi connectivity index (χ1) is 31.5. The summed E-state index contributed by atoms with van der Waals surface area (Å²) in [5.41, 5.74) is 0. The molecule has 0 spiro atoms. The van der Waals surface area contributed by atoms with Gasteiger partial charge in [0.05, 0.1) is 0 Å². The number of unbranched alkanes of at least 4 members (excludes halogenated alkanes) is 22. The molecule has 0 radical (unpaired) electrons. The molecule has 0 aliphatic heterocycles. The van der Waals surface area contributed by atoms with E-state index in [-0.39, 0.29) is 37.5 Å². The highest BCUT2D eigenvalue weighted by Gasteiger charge is 2.19. The van der Waals surface area contributed by atoms with Gasteiger partial charge in [-0.2, -0.15) is 0 Å². The Labute approximate surface area is 395 Å². The van der Waals surface area contributed by atoms with Crippen LogP contribution in [0, 0.1) is 0 Å². The summed E-state index contributed by atoms with van der Waals surface area (Å²) >= 11 is 0. The van der Waals surface area contributed by atoms with E-state index in [0.29, 0.717) is 19.3 Å². The van der Waals surface area contributed by atoms with Crippen LogP contribution in [-0.4, -0.2) is 37.2 Å². The fourth-order valence-corrected chi connectivity index (χ4v) is 7.15. The van der Waals surface area contributed by atoms with Gasteiger partial charge in [-0.1, -0.05) is 234 Å². The Morgan fingerprint density at radius 1 is 0.328 bits per heavy atom. The molecule has 0 aromatic rings. The van der Waals surface area contributed by atoms with E-state index in [1.165, 1.54) is 103 Å². The Kier molecular flexibility index (Phi) is 49.4. The van der Waals surface area contributed by atoms with Crippen molar-refractivity contribution in [2.75, 3.05) is 13.2 Å². The lowest BCUT2D eigenvalue weighted by Gasteiger charge is -2.18. The third-order valence-corrected chi connectivity index (χ3v) is 11.1. The van der Waals surface area contributed by atoms with Crippen LogP contribution in [0.5, 0.6) is 0 Å². The fourth-order valence-electron chi connectivity index (χ4n) is 7.15. The van der Waals surface area contributed by atoms with Crippen molar-refractivity contribution < 1.29 is 28.6 Å². The third kappa shape index (κ3) is 49.6. The van der Waals surface area contributed by atoms with Gasteiger partial charge in [-0.05, 0) is 77.0 Å². The van der Waals surface area contributed by atoms with Gasteiger partial charge in [0.2, 0.25) is 0 Å². The van der Waals surface area contributed by atoms with Gasteiger partial charge in [0.25, 0.3) is 0 Å². The molecule has 1 unspecified atom stereocenters. The largest absolute Gasteiger partial charge is 0.462 e. The van der Waals surface area contributed by atoms with Crippen molar-refractivity contribution in [2.45, 2.75) is 252 Å². The molecule has 0 bridgehead atoms. The minimum atomic E-state index is -0.809. The molecular weight excluding hydrogens is 793 g/mol. The van der Waals surface area contributed by atoms with E-state index in [1.54, 1.807) is 0 Å². The van der Waals surface area contributed by atoms with Crippen molar-refractivity contribution in [3.8, 4) is 0 Å². The summed E-state index contributed by atoms with van der Waals surface area (Å²) in [4.78, 5) is 37.9. The first-order valence-electron chi connectivity index (χ1n) is 26.6. The zero-order chi connectivity index (χ0) is 46.5. The Bertz CT molecular complexity index is 1250. The molecule has 0 aromatic carbocycles. The van der Waals surface area contributed by atoms with Gasteiger partial charge in [0, 0.05) is 19.3 Å². The highest BCUT2D eigenvalue weighted by Crippen LogP contribution is 2.15. The molecule has 6 heteroatoms. The van der Waals surface area contributed by atoms with Crippen molar-refractivity contribution >= 4 is 17.9 Å². The minimum Gasteiger partial charge on any atom is -0.462 e. The second kappa shape index (κ2) is 52.2. The molecule has 64 heavy (non-hydrogen) atoms. The summed E-state index contributed by atoms with van der Waals surface area (Å²) in [6.07, 6.45) is 67.3. The standard InChI is InChI=1S/C58H98O6/c1-4-7-10-13-16-19-22-24-26-28-29-31-32-34-36-39-42-45-48-51-57(60)63-54-55(53-62-56(59)50-47-44-41-38-21-18-15-12-9-6-3)64-58(61)52-49-46-43-40-37-35-33-30-27-25-23-20-17-14-11-8-5-2/h7,10,15-16,18-19,24,26,29,31,34,36,42,45,55H,4-6,8-9,11-14,17,20-23,25,27-28,30,32-33,35,37-41,43-44,46-54H2,1-3H3/b10-7-,18-15-,19-16-,26-24-,31-29-,36-34-,45-42-. The van der Waals surface area contributed by atoms with E-state index in [0.717, 1.165) is 96.3 Å². The smallest absolute Gasteiger partial charge is 0.306 e. The van der Waals surface area contributed by atoms with E-state index in [4.69, 9.17) is 14.2 Å². The fraction of sp³-hybridized carbons (Fsp3) is 0.707. The van der Waals surface area contributed by atoms with Gasteiger partial charge in [0.1, 0.15) is 13.2 Å². The number of hydrogen-bond acceptors (Lipinski definition) is 6. The molecule has 6 nitrogen and oxygen atoms in total. The topological polar surface area (TPSA) is 78.9 Å². The van der Waals surface area contributed by atoms with E-state index in [9.17, 15) is 14.4 Å². The molecule has 0 N–H and O–H groups in total. The van der Waals surface area contributed by atoms with Gasteiger partial charge >= 0.3 is 17.9 Å². The molecule has 0 saturated heterocycles. The molecule has 1 atom stereocenters. The number of carbonyl (C=O) groups is 3. The van der Waals surface area contributed by atoms with Gasteiger partial charge in [0.15, 0.2) is 6.10 Å². The molecule has 0 saturated carbocycles. The molecule has 0 fully saturated rings. The molecular formula is C58H98O6. The maximum Gasteiger partial charge on any atom is 0.306 e. The van der Waals surface area contributed by atoms with Crippen molar-refractivity contribution in [3.63, 3.8) is 0 Å². The average molecular weight is 891 g/mol. The summed E-state index contributed by atoms with van der Waals surface area (Å²) < 4.78 is 16.7. The Balaban J connectivity index is 4.45. The minimum absolute atomic E-state index is 0.105. The predicted molar refractivity (Wildman–Crippen MR) is 274 cm³/mol. The van der Waals surface area contributed by atoms with Crippen LogP contribution in [0.3, 0.4) is 0 Å². The zero-order valence-corrected chi connectivity index (χ0v) is 41.8. The number of carbonyl (C=O) groups excluding carboxylic acids is 3. The van der Waals surface area contributed by atoms with Crippen LogP contribution in [-0.2, 0) is 28.6 Å². The zero-order valence-electron chi connectivity index (χ0n) is 41.8. The lowest BCUT2D eigenvalue weighted by molar-refractivity contribution is -0.166. The van der Waals surface area contributed by atoms with Crippen molar-refractivity contribution in [2.24, 2.45) is 0 Å². The van der Waals surface area contributed by atoms with Crippen LogP contribution in [0.4, 0.5) is 0 Å². The highest BCUT2D eigenvalue weighted by atomic mass is 16.6. The normalized spacial score (nSPS) is 12.7. The lowest BCUT2D eigenvalue weighted by Crippen LogP contribution is -2.30. The highest BCUT2D eigenvalue weighted by molar-refractivity contribution is 5.71. The number of allylic oxidation sites excluding steroid dienone is 14.